The zero-order valence-corrected chi connectivity index (χ0v) is 14.4. The van der Waals surface area contributed by atoms with Gasteiger partial charge in [-0.05, 0) is 30.5 Å². The summed E-state index contributed by atoms with van der Waals surface area (Å²) in [5.41, 5.74) is 0.517. The summed E-state index contributed by atoms with van der Waals surface area (Å²) in [7, 11) is -2.94. The number of amides is 1. The molecular weight excluding hydrogens is 331 g/mol. The molecule has 1 aromatic rings. The lowest BCUT2D eigenvalue weighted by molar-refractivity contribution is -0.124. The van der Waals surface area contributed by atoms with Crippen LogP contribution in [0.5, 0.6) is 0 Å². The molecule has 0 unspecified atom stereocenters. The number of hydrogen-bond acceptors (Lipinski definition) is 4. The van der Waals surface area contributed by atoms with E-state index in [1.807, 2.05) is 4.90 Å². The molecule has 1 aliphatic carbocycles. The van der Waals surface area contributed by atoms with Gasteiger partial charge in [-0.25, -0.2) is 12.8 Å². The molecule has 1 aromatic carbocycles. The van der Waals surface area contributed by atoms with E-state index in [0.717, 1.165) is 31.2 Å². The lowest BCUT2D eigenvalue weighted by Crippen LogP contribution is -2.50. The summed E-state index contributed by atoms with van der Waals surface area (Å²) in [5.74, 6) is -0.152. The quantitative estimate of drug-likeness (QED) is 0.889. The monoisotopic (exact) mass is 354 g/mol. The van der Waals surface area contributed by atoms with Crippen molar-refractivity contribution in [2.75, 3.05) is 31.1 Å². The molecule has 2 aliphatic rings. The highest BCUT2D eigenvalue weighted by atomic mass is 32.2. The number of rotatable bonds is 4. The van der Waals surface area contributed by atoms with E-state index in [1.165, 1.54) is 12.1 Å². The molecule has 0 aromatic heterocycles. The average Bonchev–Trinajstić information content (AvgIpc) is 2.99. The highest BCUT2D eigenvalue weighted by Crippen LogP contribution is 2.38. The highest BCUT2D eigenvalue weighted by Gasteiger charge is 2.37. The third kappa shape index (κ3) is 3.95. The van der Waals surface area contributed by atoms with Gasteiger partial charge in [-0.1, -0.05) is 25.0 Å². The predicted octanol–water partition coefficient (Wildman–Crippen LogP) is 1.44. The summed E-state index contributed by atoms with van der Waals surface area (Å²) in [4.78, 5) is 14.4. The van der Waals surface area contributed by atoms with Crippen molar-refractivity contribution in [3.05, 3.63) is 35.6 Å². The molecule has 7 heteroatoms. The molecule has 0 bridgehead atoms. The molecular formula is C17H23FN2O3S. The molecule has 0 radical (unpaired) electrons. The minimum absolute atomic E-state index is 0.0967. The van der Waals surface area contributed by atoms with Crippen LogP contribution in [-0.2, 0) is 20.2 Å². The normalized spacial score (nSPS) is 23.0. The molecule has 1 heterocycles. The van der Waals surface area contributed by atoms with Crippen LogP contribution >= 0.6 is 0 Å². The molecule has 1 amide bonds. The molecule has 0 atom stereocenters. The Kier molecular flexibility index (Phi) is 4.92. The average molecular weight is 354 g/mol. The van der Waals surface area contributed by atoms with E-state index >= 15 is 0 Å². The lowest BCUT2D eigenvalue weighted by atomic mass is 9.88. The maximum absolute atomic E-state index is 13.2. The van der Waals surface area contributed by atoms with Gasteiger partial charge in [0.15, 0.2) is 9.84 Å². The summed E-state index contributed by atoms with van der Waals surface area (Å²) in [6, 6.07) is 6.34. The first-order valence-electron chi connectivity index (χ1n) is 8.38. The van der Waals surface area contributed by atoms with E-state index in [2.05, 4.69) is 5.32 Å². The summed E-state index contributed by atoms with van der Waals surface area (Å²) >= 11 is 0. The van der Waals surface area contributed by atoms with Gasteiger partial charge in [0, 0.05) is 13.1 Å². The smallest absolute Gasteiger partial charge is 0.234 e. The molecule has 1 aliphatic heterocycles. The molecule has 1 saturated carbocycles. The number of nitrogens with one attached hydrogen (secondary N) is 1. The largest absolute Gasteiger partial charge is 0.345 e. The van der Waals surface area contributed by atoms with Crippen LogP contribution in [0.2, 0.25) is 0 Å². The van der Waals surface area contributed by atoms with E-state index < -0.39 is 15.4 Å². The Morgan fingerprint density at radius 3 is 2.29 bits per heavy atom. The van der Waals surface area contributed by atoms with Gasteiger partial charge in [0.1, 0.15) is 5.82 Å². The summed E-state index contributed by atoms with van der Waals surface area (Å²) < 4.78 is 36.1. The van der Waals surface area contributed by atoms with Gasteiger partial charge in [0.2, 0.25) is 5.91 Å². The number of sulfone groups is 1. The van der Waals surface area contributed by atoms with Gasteiger partial charge in [-0.3, -0.25) is 9.69 Å². The first-order chi connectivity index (χ1) is 11.4. The molecule has 0 spiro atoms. The van der Waals surface area contributed by atoms with Crippen molar-refractivity contribution in [1.82, 2.24) is 10.2 Å². The fourth-order valence-corrected chi connectivity index (χ4v) is 4.93. The van der Waals surface area contributed by atoms with E-state index in [-0.39, 0.29) is 29.8 Å². The van der Waals surface area contributed by atoms with Crippen LogP contribution in [0.25, 0.3) is 0 Å². The van der Waals surface area contributed by atoms with Crippen molar-refractivity contribution in [2.24, 2.45) is 0 Å². The first-order valence-corrected chi connectivity index (χ1v) is 10.2. The molecule has 24 heavy (non-hydrogen) atoms. The topological polar surface area (TPSA) is 66.5 Å². The van der Waals surface area contributed by atoms with Gasteiger partial charge in [-0.2, -0.15) is 0 Å². The van der Waals surface area contributed by atoms with Crippen molar-refractivity contribution in [1.29, 1.82) is 0 Å². The van der Waals surface area contributed by atoms with Crippen LogP contribution < -0.4 is 5.32 Å². The second-order valence-corrected chi connectivity index (χ2v) is 9.08. The Labute approximate surface area is 142 Å². The molecule has 5 nitrogen and oxygen atoms in total. The SMILES string of the molecule is O=C(CN1CCS(=O)(=O)CC1)NC1(c2ccc(F)cc2)CCCC1. The fourth-order valence-electron chi connectivity index (χ4n) is 3.65. The Bertz CT molecular complexity index is 683. The summed E-state index contributed by atoms with van der Waals surface area (Å²) in [6.07, 6.45) is 3.75. The zero-order valence-electron chi connectivity index (χ0n) is 13.6. The molecule has 132 valence electrons. The zero-order chi connectivity index (χ0) is 17.2. The Morgan fingerprint density at radius 2 is 1.71 bits per heavy atom. The molecule has 2 fully saturated rings. The highest BCUT2D eigenvalue weighted by molar-refractivity contribution is 7.91. The lowest BCUT2D eigenvalue weighted by Gasteiger charge is -2.33. The fraction of sp³-hybridized carbons (Fsp3) is 0.588. The molecule has 1 saturated heterocycles. The van der Waals surface area contributed by atoms with E-state index in [9.17, 15) is 17.6 Å². The van der Waals surface area contributed by atoms with Crippen LogP contribution in [0.3, 0.4) is 0 Å². The Hall–Kier alpha value is -1.47. The van der Waals surface area contributed by atoms with Crippen LogP contribution in [0.4, 0.5) is 4.39 Å². The third-order valence-electron chi connectivity index (χ3n) is 5.04. The minimum Gasteiger partial charge on any atom is -0.345 e. The van der Waals surface area contributed by atoms with E-state index in [0.29, 0.717) is 13.1 Å². The predicted molar refractivity (Wildman–Crippen MR) is 89.8 cm³/mol. The first kappa shape index (κ1) is 17.4. The number of carbonyl (C=O) groups excluding carboxylic acids is 1. The molecule has 1 N–H and O–H groups in total. The van der Waals surface area contributed by atoms with E-state index in [4.69, 9.17) is 0 Å². The van der Waals surface area contributed by atoms with Gasteiger partial charge in [0.25, 0.3) is 0 Å². The number of halogens is 1. The van der Waals surface area contributed by atoms with Crippen LogP contribution in [-0.4, -0.2) is 50.4 Å². The van der Waals surface area contributed by atoms with Crippen molar-refractivity contribution < 1.29 is 17.6 Å². The Morgan fingerprint density at radius 1 is 1.12 bits per heavy atom. The number of nitrogens with zero attached hydrogens (tertiary/aromatic N) is 1. The standard InChI is InChI=1S/C17H23FN2O3S/c18-15-5-3-14(4-6-15)17(7-1-2-8-17)19-16(21)13-20-9-11-24(22,23)12-10-20/h3-6H,1-2,7-13H2,(H,19,21). The number of benzene rings is 1. The van der Waals surface area contributed by atoms with Crippen molar-refractivity contribution in [3.8, 4) is 0 Å². The van der Waals surface area contributed by atoms with Crippen LogP contribution in [0.1, 0.15) is 31.2 Å². The second-order valence-electron chi connectivity index (χ2n) is 6.77. The van der Waals surface area contributed by atoms with Gasteiger partial charge in [-0.15, -0.1) is 0 Å². The number of hydrogen-bond donors (Lipinski definition) is 1. The van der Waals surface area contributed by atoms with Gasteiger partial charge in [0.05, 0.1) is 23.6 Å². The van der Waals surface area contributed by atoms with Gasteiger partial charge < -0.3 is 5.32 Å². The Balaban J connectivity index is 1.65. The third-order valence-corrected chi connectivity index (χ3v) is 6.65. The van der Waals surface area contributed by atoms with Crippen LogP contribution in [0.15, 0.2) is 24.3 Å². The van der Waals surface area contributed by atoms with Gasteiger partial charge >= 0.3 is 0 Å². The maximum Gasteiger partial charge on any atom is 0.234 e. The maximum atomic E-state index is 13.2. The molecule has 3 rings (SSSR count). The second kappa shape index (κ2) is 6.80. The van der Waals surface area contributed by atoms with Crippen molar-refractivity contribution >= 4 is 15.7 Å². The van der Waals surface area contributed by atoms with Crippen LogP contribution in [0, 0.1) is 5.82 Å². The van der Waals surface area contributed by atoms with Crippen molar-refractivity contribution in [3.63, 3.8) is 0 Å². The van der Waals surface area contributed by atoms with Crippen molar-refractivity contribution in [2.45, 2.75) is 31.2 Å². The van der Waals surface area contributed by atoms with E-state index in [1.54, 1.807) is 12.1 Å². The minimum atomic E-state index is -2.94. The number of carbonyl (C=O) groups is 1. The summed E-state index contributed by atoms with van der Waals surface area (Å²) in [5, 5.41) is 3.14. The summed E-state index contributed by atoms with van der Waals surface area (Å²) in [6.45, 7) is 1.01.